The summed E-state index contributed by atoms with van der Waals surface area (Å²) in [6.07, 6.45) is 1.94. The average Bonchev–Trinajstić information content (AvgIpc) is 2.39. The van der Waals surface area contributed by atoms with E-state index in [0.717, 1.165) is 23.9 Å². The van der Waals surface area contributed by atoms with Gasteiger partial charge in [0.05, 0.1) is 12.7 Å². The number of carbonyl (C=O) groups excluding carboxylic acids is 1. The molecule has 0 spiro atoms. The van der Waals surface area contributed by atoms with Crippen LogP contribution >= 0.6 is 15.9 Å². The van der Waals surface area contributed by atoms with E-state index >= 15 is 0 Å². The third-order valence-corrected chi connectivity index (χ3v) is 4.07. The smallest absolute Gasteiger partial charge is 0.252 e. The summed E-state index contributed by atoms with van der Waals surface area (Å²) in [6.45, 7) is 3.09. The summed E-state index contributed by atoms with van der Waals surface area (Å²) in [4.78, 5) is 12.3. The third-order valence-electron chi connectivity index (χ3n) is 3.38. The van der Waals surface area contributed by atoms with E-state index in [9.17, 15) is 4.79 Å². The van der Waals surface area contributed by atoms with Crippen LogP contribution in [0.5, 0.6) is 5.75 Å². The maximum atomic E-state index is 12.3. The zero-order chi connectivity index (χ0) is 13.8. The first-order chi connectivity index (χ1) is 9.10. The van der Waals surface area contributed by atoms with E-state index in [1.54, 1.807) is 13.2 Å². The van der Waals surface area contributed by atoms with Crippen LogP contribution in [-0.2, 0) is 0 Å². The highest BCUT2D eigenvalue weighted by molar-refractivity contribution is 9.10. The molecule has 2 unspecified atom stereocenters. The van der Waals surface area contributed by atoms with Gasteiger partial charge in [-0.3, -0.25) is 4.79 Å². The number of halogens is 1. The summed E-state index contributed by atoms with van der Waals surface area (Å²) >= 11 is 3.41. The van der Waals surface area contributed by atoms with Crippen molar-refractivity contribution in [2.75, 3.05) is 13.7 Å². The molecule has 104 valence electrons. The van der Waals surface area contributed by atoms with Gasteiger partial charge in [0.25, 0.3) is 5.91 Å². The number of hydrogen-bond acceptors (Lipinski definition) is 3. The molecule has 0 aromatic heterocycles. The van der Waals surface area contributed by atoms with Gasteiger partial charge in [-0.25, -0.2) is 0 Å². The van der Waals surface area contributed by atoms with Gasteiger partial charge in [0, 0.05) is 16.6 Å². The van der Waals surface area contributed by atoms with Crippen molar-refractivity contribution in [1.29, 1.82) is 0 Å². The fourth-order valence-corrected chi connectivity index (χ4v) is 2.76. The molecule has 0 radical (unpaired) electrons. The zero-order valence-corrected chi connectivity index (χ0v) is 12.8. The van der Waals surface area contributed by atoms with Gasteiger partial charge in [0.2, 0.25) is 0 Å². The second-order valence-corrected chi connectivity index (χ2v) is 5.75. The lowest BCUT2D eigenvalue weighted by atomic mass is 10.0. The van der Waals surface area contributed by atoms with Gasteiger partial charge in [-0.2, -0.15) is 0 Å². The minimum atomic E-state index is -0.0510. The molecule has 1 fully saturated rings. The quantitative estimate of drug-likeness (QED) is 0.896. The largest absolute Gasteiger partial charge is 0.497 e. The number of ether oxygens (including phenoxy) is 1. The van der Waals surface area contributed by atoms with Crippen LogP contribution in [0.15, 0.2) is 22.7 Å². The Balaban J connectivity index is 2.06. The molecule has 5 heteroatoms. The van der Waals surface area contributed by atoms with Gasteiger partial charge in [-0.15, -0.1) is 0 Å². The summed E-state index contributed by atoms with van der Waals surface area (Å²) in [7, 11) is 1.60. The molecule has 1 heterocycles. The van der Waals surface area contributed by atoms with Crippen LogP contribution in [0, 0.1) is 0 Å². The first-order valence-electron chi connectivity index (χ1n) is 6.48. The van der Waals surface area contributed by atoms with Crippen LogP contribution in [0.25, 0.3) is 0 Å². The molecule has 1 aliphatic heterocycles. The number of amides is 1. The highest BCUT2D eigenvalue weighted by atomic mass is 79.9. The fraction of sp³-hybridized carbons (Fsp3) is 0.500. The Morgan fingerprint density at radius 3 is 3.00 bits per heavy atom. The van der Waals surface area contributed by atoms with Crippen LogP contribution in [0.4, 0.5) is 0 Å². The molecule has 1 aromatic carbocycles. The first-order valence-corrected chi connectivity index (χ1v) is 7.27. The Bertz CT molecular complexity index is 465. The van der Waals surface area contributed by atoms with E-state index in [-0.39, 0.29) is 11.9 Å². The summed E-state index contributed by atoms with van der Waals surface area (Å²) in [5, 5.41) is 6.47. The van der Waals surface area contributed by atoms with Gasteiger partial charge >= 0.3 is 0 Å². The van der Waals surface area contributed by atoms with Crippen molar-refractivity contribution in [2.45, 2.75) is 31.8 Å². The minimum absolute atomic E-state index is 0.0510. The molecule has 1 amide bonds. The van der Waals surface area contributed by atoms with E-state index in [1.807, 2.05) is 12.1 Å². The topological polar surface area (TPSA) is 50.4 Å². The van der Waals surface area contributed by atoms with Crippen LogP contribution in [0.3, 0.4) is 0 Å². The molecule has 1 aliphatic rings. The normalized spacial score (nSPS) is 22.9. The summed E-state index contributed by atoms with van der Waals surface area (Å²) in [6, 6.07) is 6.10. The molecule has 2 rings (SSSR count). The van der Waals surface area contributed by atoms with Crippen molar-refractivity contribution >= 4 is 21.8 Å². The van der Waals surface area contributed by atoms with Crippen molar-refractivity contribution in [3.05, 3.63) is 28.2 Å². The number of benzene rings is 1. The van der Waals surface area contributed by atoms with E-state index < -0.39 is 0 Å². The molecular formula is C14H19BrN2O2. The van der Waals surface area contributed by atoms with Gasteiger partial charge < -0.3 is 15.4 Å². The lowest BCUT2D eigenvalue weighted by molar-refractivity contribution is 0.0924. The van der Waals surface area contributed by atoms with Gasteiger partial charge in [0.1, 0.15) is 5.75 Å². The highest BCUT2D eigenvalue weighted by Crippen LogP contribution is 2.23. The first kappa shape index (κ1) is 14.3. The Kier molecular flexibility index (Phi) is 4.82. The second-order valence-electron chi connectivity index (χ2n) is 4.90. The van der Waals surface area contributed by atoms with E-state index in [0.29, 0.717) is 17.4 Å². The van der Waals surface area contributed by atoms with Crippen LogP contribution in [0.1, 0.15) is 30.1 Å². The van der Waals surface area contributed by atoms with Crippen molar-refractivity contribution in [3.63, 3.8) is 0 Å². The highest BCUT2D eigenvalue weighted by Gasteiger charge is 2.21. The fourth-order valence-electron chi connectivity index (χ4n) is 2.33. The Hall–Kier alpha value is -1.07. The molecule has 0 aliphatic carbocycles. The van der Waals surface area contributed by atoms with Gasteiger partial charge in [-0.05, 0) is 60.4 Å². The van der Waals surface area contributed by atoms with E-state index in [1.165, 1.54) is 0 Å². The standard InChI is InChI=1S/C14H19BrN2O2/c1-9-7-10(5-6-16-9)17-14(18)12-8-11(19-2)3-4-13(12)15/h3-4,8-10,16H,5-7H2,1-2H3,(H,17,18). The number of hydrogen-bond donors (Lipinski definition) is 2. The number of methoxy groups -OCH3 is 1. The summed E-state index contributed by atoms with van der Waals surface area (Å²) < 4.78 is 5.94. The molecule has 1 saturated heterocycles. The van der Waals surface area contributed by atoms with Gasteiger partial charge in [0.15, 0.2) is 0 Å². The molecule has 1 aromatic rings. The third kappa shape index (κ3) is 3.70. The molecule has 4 nitrogen and oxygen atoms in total. The summed E-state index contributed by atoms with van der Waals surface area (Å²) in [5.41, 5.74) is 0.616. The predicted molar refractivity (Wildman–Crippen MR) is 78.6 cm³/mol. The molecule has 19 heavy (non-hydrogen) atoms. The predicted octanol–water partition coefficient (Wildman–Crippen LogP) is 2.33. The van der Waals surface area contributed by atoms with Crippen molar-refractivity contribution in [3.8, 4) is 5.75 Å². The summed E-state index contributed by atoms with van der Waals surface area (Å²) in [5.74, 6) is 0.636. The molecule has 0 saturated carbocycles. The molecule has 2 atom stereocenters. The zero-order valence-electron chi connectivity index (χ0n) is 11.2. The van der Waals surface area contributed by atoms with Gasteiger partial charge in [-0.1, -0.05) is 0 Å². The number of nitrogens with one attached hydrogen (secondary N) is 2. The van der Waals surface area contributed by atoms with Crippen LogP contribution in [0.2, 0.25) is 0 Å². The number of piperidine rings is 1. The average molecular weight is 327 g/mol. The van der Waals surface area contributed by atoms with Crippen LogP contribution in [-0.4, -0.2) is 31.6 Å². The maximum Gasteiger partial charge on any atom is 0.252 e. The minimum Gasteiger partial charge on any atom is -0.497 e. The lowest BCUT2D eigenvalue weighted by Gasteiger charge is -2.28. The number of rotatable bonds is 3. The van der Waals surface area contributed by atoms with E-state index in [2.05, 4.69) is 33.5 Å². The maximum absolute atomic E-state index is 12.3. The number of carbonyl (C=O) groups is 1. The monoisotopic (exact) mass is 326 g/mol. The van der Waals surface area contributed by atoms with Crippen molar-refractivity contribution in [2.24, 2.45) is 0 Å². The molecule has 0 bridgehead atoms. The lowest BCUT2D eigenvalue weighted by Crippen LogP contribution is -2.46. The van der Waals surface area contributed by atoms with E-state index in [4.69, 9.17) is 4.74 Å². The Labute approximate surface area is 122 Å². The Morgan fingerprint density at radius 1 is 1.53 bits per heavy atom. The SMILES string of the molecule is COc1ccc(Br)c(C(=O)NC2CCNC(C)C2)c1. The Morgan fingerprint density at radius 2 is 2.32 bits per heavy atom. The van der Waals surface area contributed by atoms with Crippen molar-refractivity contribution < 1.29 is 9.53 Å². The molecule has 2 N–H and O–H groups in total. The molecular weight excluding hydrogens is 308 g/mol. The van der Waals surface area contributed by atoms with Crippen molar-refractivity contribution in [1.82, 2.24) is 10.6 Å². The van der Waals surface area contributed by atoms with Crippen LogP contribution < -0.4 is 15.4 Å². The second kappa shape index (κ2) is 6.39.